The van der Waals surface area contributed by atoms with E-state index in [9.17, 15) is 0 Å². The summed E-state index contributed by atoms with van der Waals surface area (Å²) in [5, 5.41) is 7.39. The molecule has 0 unspecified atom stereocenters. The lowest BCUT2D eigenvalue weighted by molar-refractivity contribution is 1.18. The van der Waals surface area contributed by atoms with Crippen LogP contribution in [0.1, 0.15) is 0 Å². The predicted octanol–water partition coefficient (Wildman–Crippen LogP) is 13.9. The molecule has 0 atom stereocenters. The van der Waals surface area contributed by atoms with E-state index in [0.29, 0.717) is 0 Å². The standard InChI is InChI=1S/C50H34N2/c1-3-16-35(17-4-1)37-21-13-25-41(32-37)51(46-31-15-20-36-18-7-9-27-43(36)46)42-26-14-22-39(33-42)49-44-28-10-8-19-38(44)34-48-50(49)45-29-11-12-30-47(45)52(48)40-23-5-2-6-24-40/h1-34H. The molecule has 0 saturated heterocycles. The first-order valence-corrected chi connectivity index (χ1v) is 17.9. The summed E-state index contributed by atoms with van der Waals surface area (Å²) in [7, 11) is 0. The monoisotopic (exact) mass is 662 g/mol. The van der Waals surface area contributed by atoms with Crippen molar-refractivity contribution in [2.75, 3.05) is 4.90 Å². The lowest BCUT2D eigenvalue weighted by Crippen LogP contribution is -2.10. The van der Waals surface area contributed by atoms with Crippen LogP contribution < -0.4 is 4.90 Å². The van der Waals surface area contributed by atoms with Gasteiger partial charge in [-0.25, -0.2) is 0 Å². The second kappa shape index (κ2) is 12.5. The van der Waals surface area contributed by atoms with Gasteiger partial charge < -0.3 is 9.47 Å². The van der Waals surface area contributed by atoms with Crippen molar-refractivity contribution in [3.63, 3.8) is 0 Å². The Morgan fingerprint density at radius 1 is 0.346 bits per heavy atom. The van der Waals surface area contributed by atoms with Crippen molar-refractivity contribution in [2.45, 2.75) is 0 Å². The van der Waals surface area contributed by atoms with Crippen LogP contribution in [-0.2, 0) is 0 Å². The maximum Gasteiger partial charge on any atom is 0.0553 e. The zero-order chi connectivity index (χ0) is 34.4. The second-order valence-corrected chi connectivity index (χ2v) is 13.4. The summed E-state index contributed by atoms with van der Waals surface area (Å²) < 4.78 is 2.42. The predicted molar refractivity (Wildman–Crippen MR) is 221 cm³/mol. The number of aromatic nitrogens is 1. The molecule has 0 amide bonds. The molecule has 10 rings (SSSR count). The minimum absolute atomic E-state index is 1.10. The molecule has 0 spiro atoms. The van der Waals surface area contributed by atoms with Gasteiger partial charge in [0.1, 0.15) is 0 Å². The number of rotatable bonds is 6. The average molecular weight is 663 g/mol. The van der Waals surface area contributed by atoms with Crippen LogP contribution in [0.15, 0.2) is 206 Å². The number of hydrogen-bond acceptors (Lipinski definition) is 1. The summed E-state index contributed by atoms with van der Waals surface area (Å²) in [6.07, 6.45) is 0. The second-order valence-electron chi connectivity index (χ2n) is 13.4. The van der Waals surface area contributed by atoms with Gasteiger partial charge >= 0.3 is 0 Å². The number of nitrogens with zero attached hydrogens (tertiary/aromatic N) is 2. The Balaban J connectivity index is 1.26. The topological polar surface area (TPSA) is 8.17 Å². The van der Waals surface area contributed by atoms with Gasteiger partial charge in [-0.1, -0.05) is 152 Å². The van der Waals surface area contributed by atoms with Crippen molar-refractivity contribution < 1.29 is 0 Å². The number of anilines is 3. The van der Waals surface area contributed by atoms with Gasteiger partial charge in [-0.2, -0.15) is 0 Å². The Kier molecular flexibility index (Phi) is 7.18. The molecule has 0 bridgehead atoms. The molecule has 244 valence electrons. The third-order valence-corrected chi connectivity index (χ3v) is 10.3. The van der Waals surface area contributed by atoms with E-state index in [2.05, 4.69) is 216 Å². The van der Waals surface area contributed by atoms with Crippen LogP contribution in [0.2, 0.25) is 0 Å². The van der Waals surface area contributed by atoms with Crippen LogP contribution >= 0.6 is 0 Å². The summed E-state index contributed by atoms with van der Waals surface area (Å²) in [5.74, 6) is 0. The van der Waals surface area contributed by atoms with E-state index in [1.165, 1.54) is 65.6 Å². The van der Waals surface area contributed by atoms with Gasteiger partial charge in [0.25, 0.3) is 0 Å². The largest absolute Gasteiger partial charge is 0.310 e. The summed E-state index contributed by atoms with van der Waals surface area (Å²) in [6, 6.07) is 74.7. The van der Waals surface area contributed by atoms with Gasteiger partial charge in [0.15, 0.2) is 0 Å². The molecule has 0 fully saturated rings. The van der Waals surface area contributed by atoms with E-state index in [0.717, 1.165) is 22.7 Å². The molecule has 2 nitrogen and oxygen atoms in total. The van der Waals surface area contributed by atoms with Crippen LogP contribution in [0.3, 0.4) is 0 Å². The highest BCUT2D eigenvalue weighted by molar-refractivity contribution is 6.23. The normalized spacial score (nSPS) is 11.5. The molecule has 0 N–H and O–H groups in total. The first-order chi connectivity index (χ1) is 25.8. The van der Waals surface area contributed by atoms with E-state index in [1.54, 1.807) is 0 Å². The van der Waals surface area contributed by atoms with Crippen molar-refractivity contribution in [2.24, 2.45) is 0 Å². The molecule has 9 aromatic carbocycles. The Morgan fingerprint density at radius 3 is 1.69 bits per heavy atom. The molecule has 0 aliphatic carbocycles. The van der Waals surface area contributed by atoms with Crippen LogP contribution in [0, 0.1) is 0 Å². The van der Waals surface area contributed by atoms with Gasteiger partial charge in [-0.05, 0) is 93.0 Å². The fourth-order valence-corrected chi connectivity index (χ4v) is 8.03. The molecule has 0 radical (unpaired) electrons. The van der Waals surface area contributed by atoms with E-state index in [-0.39, 0.29) is 0 Å². The Labute approximate surface area is 303 Å². The molecular weight excluding hydrogens is 629 g/mol. The SMILES string of the molecule is c1ccc(-c2cccc(N(c3cccc(-c4c5ccccc5cc5c4c4ccccc4n5-c4ccccc4)c3)c3cccc4ccccc34)c2)cc1. The van der Waals surface area contributed by atoms with Gasteiger partial charge in [-0.3, -0.25) is 0 Å². The smallest absolute Gasteiger partial charge is 0.0553 e. The quantitative estimate of drug-likeness (QED) is 0.172. The summed E-state index contributed by atoms with van der Waals surface area (Å²) in [6.45, 7) is 0. The Bertz CT molecular complexity index is 2900. The van der Waals surface area contributed by atoms with Gasteiger partial charge in [0.2, 0.25) is 0 Å². The molecule has 52 heavy (non-hydrogen) atoms. The van der Waals surface area contributed by atoms with Crippen molar-refractivity contribution >= 4 is 60.4 Å². The minimum atomic E-state index is 1.10. The first-order valence-electron chi connectivity index (χ1n) is 17.9. The lowest BCUT2D eigenvalue weighted by Gasteiger charge is -2.28. The highest BCUT2D eigenvalue weighted by Crippen LogP contribution is 2.46. The summed E-state index contributed by atoms with van der Waals surface area (Å²) in [4.78, 5) is 2.42. The van der Waals surface area contributed by atoms with Gasteiger partial charge in [0.05, 0.1) is 16.7 Å². The summed E-state index contributed by atoms with van der Waals surface area (Å²) >= 11 is 0. The third-order valence-electron chi connectivity index (χ3n) is 10.3. The first kappa shape index (κ1) is 30.0. The number of fused-ring (bicyclic) bond motifs is 5. The van der Waals surface area contributed by atoms with Gasteiger partial charge in [-0.15, -0.1) is 0 Å². The van der Waals surface area contributed by atoms with Crippen LogP contribution in [0.25, 0.3) is 71.3 Å². The van der Waals surface area contributed by atoms with Crippen molar-refractivity contribution in [1.82, 2.24) is 4.57 Å². The highest BCUT2D eigenvalue weighted by Gasteiger charge is 2.21. The molecule has 2 heteroatoms. The maximum atomic E-state index is 2.42. The van der Waals surface area contributed by atoms with Crippen LogP contribution in [0.5, 0.6) is 0 Å². The average Bonchev–Trinajstić information content (AvgIpc) is 3.55. The van der Waals surface area contributed by atoms with Crippen molar-refractivity contribution in [1.29, 1.82) is 0 Å². The molecule has 0 saturated carbocycles. The van der Waals surface area contributed by atoms with Crippen LogP contribution in [0.4, 0.5) is 17.1 Å². The lowest BCUT2D eigenvalue weighted by atomic mass is 9.92. The van der Waals surface area contributed by atoms with E-state index >= 15 is 0 Å². The minimum Gasteiger partial charge on any atom is -0.310 e. The van der Waals surface area contributed by atoms with E-state index in [1.807, 2.05) is 0 Å². The zero-order valence-electron chi connectivity index (χ0n) is 28.5. The molecule has 1 aromatic heterocycles. The van der Waals surface area contributed by atoms with E-state index in [4.69, 9.17) is 0 Å². The van der Waals surface area contributed by atoms with Crippen molar-refractivity contribution in [3.8, 4) is 27.9 Å². The maximum absolute atomic E-state index is 2.42. The molecular formula is C50H34N2. The molecule has 0 aliphatic rings. The summed E-state index contributed by atoms with van der Waals surface area (Å²) in [5.41, 5.74) is 11.7. The molecule has 0 aliphatic heterocycles. The van der Waals surface area contributed by atoms with Gasteiger partial charge in [0, 0.05) is 33.2 Å². The van der Waals surface area contributed by atoms with Crippen molar-refractivity contribution in [3.05, 3.63) is 206 Å². The molecule has 10 aromatic rings. The highest BCUT2D eigenvalue weighted by atomic mass is 15.1. The Morgan fingerprint density at radius 2 is 0.904 bits per heavy atom. The number of benzene rings is 9. The Hall–Kier alpha value is -6.90. The van der Waals surface area contributed by atoms with E-state index < -0.39 is 0 Å². The number of hydrogen-bond donors (Lipinski definition) is 0. The fourth-order valence-electron chi connectivity index (χ4n) is 8.03. The fraction of sp³-hybridized carbons (Fsp3) is 0. The zero-order valence-corrected chi connectivity index (χ0v) is 28.5. The number of para-hydroxylation sites is 2. The van der Waals surface area contributed by atoms with Crippen LogP contribution in [-0.4, -0.2) is 4.57 Å². The third kappa shape index (κ3) is 4.96. The molecule has 1 heterocycles.